The second-order valence-corrected chi connectivity index (χ2v) is 7.03. The zero-order valence-electron chi connectivity index (χ0n) is 10.6. The van der Waals surface area contributed by atoms with Gasteiger partial charge in [0.2, 0.25) is 10.0 Å². The Balaban J connectivity index is 1.98. The van der Waals surface area contributed by atoms with Crippen LogP contribution in [0.3, 0.4) is 0 Å². The Bertz CT molecular complexity index is 415. The molecule has 0 aromatic heterocycles. The molecule has 6 nitrogen and oxygen atoms in total. The second kappa shape index (κ2) is 5.54. The van der Waals surface area contributed by atoms with Crippen LogP contribution in [0.2, 0.25) is 0 Å². The number of rotatable bonds is 3. The van der Waals surface area contributed by atoms with Crippen molar-refractivity contribution in [3.05, 3.63) is 0 Å². The van der Waals surface area contributed by atoms with Gasteiger partial charge in [-0.2, -0.15) is 0 Å². The van der Waals surface area contributed by atoms with Crippen LogP contribution in [-0.4, -0.2) is 55.2 Å². The number of ether oxygens (including phenoxy) is 1. The van der Waals surface area contributed by atoms with E-state index in [-0.39, 0.29) is 17.8 Å². The van der Waals surface area contributed by atoms with E-state index in [2.05, 4.69) is 5.16 Å². The first-order chi connectivity index (χ1) is 8.53. The zero-order valence-corrected chi connectivity index (χ0v) is 11.4. The summed E-state index contributed by atoms with van der Waals surface area (Å²) >= 11 is 0. The van der Waals surface area contributed by atoms with Gasteiger partial charge in [-0.25, -0.2) is 12.7 Å². The Labute approximate surface area is 108 Å². The molecule has 2 aliphatic rings. The van der Waals surface area contributed by atoms with Gasteiger partial charge in [-0.1, -0.05) is 12.1 Å². The summed E-state index contributed by atoms with van der Waals surface area (Å²) in [5, 5.41) is 12.0. The maximum absolute atomic E-state index is 12.2. The third kappa shape index (κ3) is 3.02. The van der Waals surface area contributed by atoms with Crippen molar-refractivity contribution in [2.75, 3.05) is 25.4 Å². The first-order valence-electron chi connectivity index (χ1n) is 6.33. The molecule has 18 heavy (non-hydrogen) atoms. The molecule has 2 heterocycles. The fourth-order valence-electron chi connectivity index (χ4n) is 2.51. The van der Waals surface area contributed by atoms with Crippen LogP contribution in [0.1, 0.15) is 26.2 Å². The Morgan fingerprint density at radius 3 is 2.89 bits per heavy atom. The third-order valence-electron chi connectivity index (χ3n) is 3.61. The molecule has 0 aliphatic carbocycles. The lowest BCUT2D eigenvalue weighted by Gasteiger charge is -2.31. The highest BCUT2D eigenvalue weighted by atomic mass is 32.2. The average molecular weight is 276 g/mol. The summed E-state index contributed by atoms with van der Waals surface area (Å²) < 4.78 is 31.3. The molecule has 2 fully saturated rings. The summed E-state index contributed by atoms with van der Waals surface area (Å²) in [6.07, 6.45) is 2.12. The van der Waals surface area contributed by atoms with Gasteiger partial charge in [0, 0.05) is 32.0 Å². The fraction of sp³-hybridized carbons (Fsp3) is 0.909. The van der Waals surface area contributed by atoms with E-state index in [4.69, 9.17) is 9.94 Å². The maximum Gasteiger partial charge on any atom is 0.216 e. The van der Waals surface area contributed by atoms with Crippen LogP contribution >= 0.6 is 0 Å². The Hall–Kier alpha value is -0.660. The Morgan fingerprint density at radius 2 is 2.33 bits per heavy atom. The van der Waals surface area contributed by atoms with Crippen molar-refractivity contribution in [1.29, 1.82) is 0 Å². The standard InChI is InChI=1S/C11H20N2O4S/c1-9-7-13(5-4-11(9)12-14)18(15,16)8-10-3-2-6-17-10/h9-10,14H,2-8H2,1H3. The van der Waals surface area contributed by atoms with Crippen molar-refractivity contribution in [2.24, 2.45) is 11.1 Å². The van der Waals surface area contributed by atoms with E-state index in [9.17, 15) is 8.42 Å². The molecule has 0 saturated carbocycles. The number of sulfonamides is 1. The molecule has 0 aromatic carbocycles. The van der Waals surface area contributed by atoms with E-state index in [1.54, 1.807) is 0 Å². The van der Waals surface area contributed by atoms with Crippen molar-refractivity contribution in [2.45, 2.75) is 32.3 Å². The lowest BCUT2D eigenvalue weighted by molar-refractivity contribution is 0.126. The number of piperidine rings is 1. The van der Waals surface area contributed by atoms with Crippen molar-refractivity contribution >= 4 is 15.7 Å². The lowest BCUT2D eigenvalue weighted by Crippen LogP contribution is -2.45. The summed E-state index contributed by atoms with van der Waals surface area (Å²) in [4.78, 5) is 0. The van der Waals surface area contributed by atoms with Crippen LogP contribution in [0.15, 0.2) is 5.16 Å². The first kappa shape index (κ1) is 13.8. The van der Waals surface area contributed by atoms with E-state index in [0.717, 1.165) is 12.8 Å². The van der Waals surface area contributed by atoms with Gasteiger partial charge >= 0.3 is 0 Å². The van der Waals surface area contributed by atoms with Crippen molar-refractivity contribution < 1.29 is 18.4 Å². The lowest BCUT2D eigenvalue weighted by atomic mass is 10.00. The van der Waals surface area contributed by atoms with Gasteiger partial charge in [0.1, 0.15) is 0 Å². The molecule has 0 amide bonds. The molecule has 0 aromatic rings. The smallest absolute Gasteiger partial charge is 0.216 e. The molecule has 2 rings (SSSR count). The van der Waals surface area contributed by atoms with Crippen LogP contribution < -0.4 is 0 Å². The SMILES string of the molecule is CC1CN(S(=O)(=O)CC2CCCO2)CCC1=NO. The minimum absolute atomic E-state index is 0.0250. The maximum atomic E-state index is 12.2. The molecule has 104 valence electrons. The zero-order chi connectivity index (χ0) is 13.2. The van der Waals surface area contributed by atoms with E-state index in [1.807, 2.05) is 6.92 Å². The highest BCUT2D eigenvalue weighted by Crippen LogP contribution is 2.20. The summed E-state index contributed by atoms with van der Waals surface area (Å²) in [6, 6.07) is 0. The van der Waals surface area contributed by atoms with Crippen molar-refractivity contribution in [3.8, 4) is 0 Å². The van der Waals surface area contributed by atoms with Crippen LogP contribution in [0, 0.1) is 5.92 Å². The predicted molar refractivity (Wildman–Crippen MR) is 67.3 cm³/mol. The van der Waals surface area contributed by atoms with Crippen LogP contribution in [-0.2, 0) is 14.8 Å². The molecular weight excluding hydrogens is 256 g/mol. The molecule has 2 aliphatic heterocycles. The molecule has 0 spiro atoms. The van der Waals surface area contributed by atoms with Gasteiger partial charge in [-0.3, -0.25) is 0 Å². The summed E-state index contributed by atoms with van der Waals surface area (Å²) in [6.45, 7) is 3.34. The first-order valence-corrected chi connectivity index (χ1v) is 7.94. The average Bonchev–Trinajstić information content (AvgIpc) is 2.81. The molecule has 7 heteroatoms. The molecule has 0 bridgehead atoms. The number of nitrogens with zero attached hydrogens (tertiary/aromatic N) is 2. The number of hydrogen-bond donors (Lipinski definition) is 1. The van der Waals surface area contributed by atoms with Gasteiger partial charge in [0.25, 0.3) is 0 Å². The minimum Gasteiger partial charge on any atom is -0.411 e. The van der Waals surface area contributed by atoms with Crippen LogP contribution in [0.5, 0.6) is 0 Å². The predicted octanol–water partition coefficient (Wildman–Crippen LogP) is 0.667. The van der Waals surface area contributed by atoms with Gasteiger partial charge in [-0.15, -0.1) is 0 Å². The van der Waals surface area contributed by atoms with Crippen LogP contribution in [0.25, 0.3) is 0 Å². The van der Waals surface area contributed by atoms with Crippen molar-refractivity contribution in [1.82, 2.24) is 4.31 Å². The van der Waals surface area contributed by atoms with Gasteiger partial charge < -0.3 is 9.94 Å². The Kier molecular flexibility index (Phi) is 4.24. The number of hydrogen-bond acceptors (Lipinski definition) is 5. The third-order valence-corrected chi connectivity index (χ3v) is 5.52. The van der Waals surface area contributed by atoms with Gasteiger partial charge in [0.05, 0.1) is 17.6 Å². The molecule has 2 unspecified atom stereocenters. The summed E-state index contributed by atoms with van der Waals surface area (Å²) in [5.41, 5.74) is 0.679. The molecule has 2 atom stereocenters. The summed E-state index contributed by atoms with van der Waals surface area (Å²) in [5.74, 6) is 0.0497. The quantitative estimate of drug-likeness (QED) is 0.607. The van der Waals surface area contributed by atoms with Gasteiger partial charge in [-0.05, 0) is 12.8 Å². The molecule has 2 saturated heterocycles. The summed E-state index contributed by atoms with van der Waals surface area (Å²) in [7, 11) is -3.26. The largest absolute Gasteiger partial charge is 0.411 e. The Morgan fingerprint density at radius 1 is 1.56 bits per heavy atom. The van der Waals surface area contributed by atoms with Crippen LogP contribution in [0.4, 0.5) is 0 Å². The minimum atomic E-state index is -3.26. The topological polar surface area (TPSA) is 79.2 Å². The fourth-order valence-corrected chi connectivity index (χ4v) is 4.27. The molecule has 0 radical (unpaired) electrons. The van der Waals surface area contributed by atoms with E-state index in [1.165, 1.54) is 4.31 Å². The monoisotopic (exact) mass is 276 g/mol. The van der Waals surface area contributed by atoms with E-state index < -0.39 is 10.0 Å². The molecular formula is C11H20N2O4S. The highest BCUT2D eigenvalue weighted by molar-refractivity contribution is 7.89. The highest BCUT2D eigenvalue weighted by Gasteiger charge is 2.33. The number of oxime groups is 1. The van der Waals surface area contributed by atoms with Crippen molar-refractivity contribution in [3.63, 3.8) is 0 Å². The van der Waals surface area contributed by atoms with E-state index in [0.29, 0.717) is 31.8 Å². The normalized spacial score (nSPS) is 33.1. The van der Waals surface area contributed by atoms with Gasteiger partial charge in [0.15, 0.2) is 0 Å². The molecule has 1 N–H and O–H groups in total. The second-order valence-electron chi connectivity index (χ2n) is 5.01. The van der Waals surface area contributed by atoms with E-state index >= 15 is 0 Å².